The van der Waals surface area contributed by atoms with Gasteiger partial charge in [-0.1, -0.05) is 91.0 Å². The smallest absolute Gasteiger partial charge is 0.313 e. The van der Waals surface area contributed by atoms with Crippen molar-refractivity contribution in [2.75, 3.05) is 13.2 Å². The minimum absolute atomic E-state index is 0.0283. The van der Waals surface area contributed by atoms with Crippen molar-refractivity contribution in [3.8, 4) is 0 Å². The molecule has 3 aromatic rings. The third kappa shape index (κ3) is 5.79. The van der Waals surface area contributed by atoms with Gasteiger partial charge in [0.05, 0.1) is 19.3 Å². The van der Waals surface area contributed by atoms with Crippen LogP contribution in [-0.4, -0.2) is 44.5 Å². The van der Waals surface area contributed by atoms with Crippen LogP contribution in [0.2, 0.25) is 0 Å². The third-order valence-corrected chi connectivity index (χ3v) is 9.18. The Bertz CT molecular complexity index is 896. The van der Waals surface area contributed by atoms with Crippen molar-refractivity contribution in [3.05, 3.63) is 91.0 Å². The average Bonchev–Trinajstić information content (AvgIpc) is 2.81. The Morgan fingerprint density at radius 3 is 1.66 bits per heavy atom. The molecule has 0 saturated carbocycles. The molecule has 3 aromatic carbocycles. The van der Waals surface area contributed by atoms with E-state index in [1.54, 1.807) is 6.92 Å². The molecule has 1 atom stereocenters. The van der Waals surface area contributed by atoms with E-state index in [1.807, 2.05) is 91.0 Å². The van der Waals surface area contributed by atoms with E-state index in [0.29, 0.717) is 0 Å². The van der Waals surface area contributed by atoms with Gasteiger partial charge in [0.25, 0.3) is 8.32 Å². The van der Waals surface area contributed by atoms with Gasteiger partial charge in [0.15, 0.2) is 0 Å². The summed E-state index contributed by atoms with van der Waals surface area (Å²) >= 11 is 0. The van der Waals surface area contributed by atoms with Gasteiger partial charge < -0.3 is 14.3 Å². The molecule has 0 bridgehead atoms. The summed E-state index contributed by atoms with van der Waals surface area (Å²) in [7, 11) is -2.95. The fourth-order valence-electron chi connectivity index (χ4n) is 3.76. The van der Waals surface area contributed by atoms with Crippen molar-refractivity contribution in [1.82, 2.24) is 0 Å². The molecular formula is C26H28O5Si. The van der Waals surface area contributed by atoms with Crippen LogP contribution in [-0.2, 0) is 18.8 Å². The van der Waals surface area contributed by atoms with Crippen LogP contribution in [0.25, 0.3) is 0 Å². The molecule has 5 nitrogen and oxygen atoms in total. The standard InChI is InChI=1S/C26H28O5Si/c1-2-30-26(29)19-21(27)18-22(28)20-31-32(23-12-6-3-7-13-23,24-14-8-4-9-15-24)25-16-10-5-11-17-25/h3-17,22,28H,2,18-20H2,1H3/t22-/m0/s1. The van der Waals surface area contributed by atoms with Gasteiger partial charge in [0, 0.05) is 6.42 Å². The SMILES string of the molecule is CCOC(=O)CC(=O)C[C@H](O)CO[Si](c1ccccc1)(c1ccccc1)c1ccccc1. The molecule has 0 aliphatic rings. The second-order valence-corrected chi connectivity index (χ2v) is 10.9. The highest BCUT2D eigenvalue weighted by Gasteiger charge is 2.42. The van der Waals surface area contributed by atoms with Gasteiger partial charge >= 0.3 is 5.97 Å². The van der Waals surface area contributed by atoms with E-state index in [1.165, 1.54) is 0 Å². The van der Waals surface area contributed by atoms with Gasteiger partial charge in [0.1, 0.15) is 12.2 Å². The molecule has 0 aliphatic heterocycles. The number of Topliss-reactive ketones (excluding diaryl/α,β-unsaturated/α-hetero) is 1. The summed E-state index contributed by atoms with van der Waals surface area (Å²) in [5.74, 6) is -0.946. The molecule has 0 radical (unpaired) electrons. The minimum Gasteiger partial charge on any atom is -0.466 e. The summed E-state index contributed by atoms with van der Waals surface area (Å²) in [5, 5.41) is 13.7. The number of aliphatic hydroxyl groups is 1. The van der Waals surface area contributed by atoms with Crippen molar-refractivity contribution in [2.45, 2.75) is 25.9 Å². The molecule has 0 spiro atoms. The normalized spacial score (nSPS) is 12.2. The summed E-state index contributed by atoms with van der Waals surface area (Å²) in [6.45, 7) is 1.88. The largest absolute Gasteiger partial charge is 0.466 e. The van der Waals surface area contributed by atoms with Gasteiger partial charge in [-0.25, -0.2) is 0 Å². The molecule has 166 valence electrons. The Kier molecular flexibility index (Phi) is 8.50. The molecule has 0 aliphatic carbocycles. The third-order valence-electron chi connectivity index (χ3n) is 5.14. The number of aliphatic hydroxyl groups excluding tert-OH is 1. The Balaban J connectivity index is 1.90. The zero-order chi connectivity index (χ0) is 22.8. The maximum absolute atomic E-state index is 12.2. The molecule has 0 heterocycles. The first-order valence-electron chi connectivity index (χ1n) is 10.7. The number of hydrogen-bond donors (Lipinski definition) is 1. The lowest BCUT2D eigenvalue weighted by molar-refractivity contribution is -0.145. The molecule has 0 unspecified atom stereocenters. The molecule has 0 saturated heterocycles. The fraction of sp³-hybridized carbons (Fsp3) is 0.231. The Morgan fingerprint density at radius 2 is 1.25 bits per heavy atom. The summed E-state index contributed by atoms with van der Waals surface area (Å²) < 4.78 is 11.4. The summed E-state index contributed by atoms with van der Waals surface area (Å²) in [4.78, 5) is 23.7. The lowest BCUT2D eigenvalue weighted by atomic mass is 10.1. The number of benzene rings is 3. The number of carbonyl (C=O) groups excluding carboxylic acids is 2. The molecule has 0 fully saturated rings. The minimum atomic E-state index is -2.95. The number of esters is 1. The van der Waals surface area contributed by atoms with Gasteiger partial charge in [-0.2, -0.15) is 0 Å². The van der Waals surface area contributed by atoms with Crippen molar-refractivity contribution >= 4 is 35.6 Å². The topological polar surface area (TPSA) is 72.8 Å². The van der Waals surface area contributed by atoms with E-state index in [-0.39, 0.29) is 31.8 Å². The average molecular weight is 449 g/mol. The Morgan fingerprint density at radius 1 is 0.812 bits per heavy atom. The van der Waals surface area contributed by atoms with Crippen LogP contribution in [0.1, 0.15) is 19.8 Å². The first kappa shape index (κ1) is 23.6. The molecule has 6 heteroatoms. The number of rotatable bonds is 11. The van der Waals surface area contributed by atoms with E-state index in [9.17, 15) is 14.7 Å². The van der Waals surface area contributed by atoms with Gasteiger partial charge in [-0.3, -0.25) is 9.59 Å². The summed E-state index contributed by atoms with van der Waals surface area (Å²) in [5.41, 5.74) is 0. The number of hydrogen-bond acceptors (Lipinski definition) is 5. The molecule has 3 rings (SSSR count). The van der Waals surface area contributed by atoms with Gasteiger partial charge in [-0.15, -0.1) is 0 Å². The summed E-state index contributed by atoms with van der Waals surface area (Å²) in [6, 6.07) is 30.0. The van der Waals surface area contributed by atoms with Crippen molar-refractivity contribution < 1.29 is 23.9 Å². The van der Waals surface area contributed by atoms with Crippen LogP contribution in [0.5, 0.6) is 0 Å². The molecule has 0 aromatic heterocycles. The van der Waals surface area contributed by atoms with E-state index in [2.05, 4.69) is 0 Å². The van der Waals surface area contributed by atoms with Crippen molar-refractivity contribution in [1.29, 1.82) is 0 Å². The van der Waals surface area contributed by atoms with Crippen molar-refractivity contribution in [3.63, 3.8) is 0 Å². The Labute approximate surface area is 189 Å². The number of ketones is 1. The van der Waals surface area contributed by atoms with Gasteiger partial charge in [-0.05, 0) is 22.5 Å². The van der Waals surface area contributed by atoms with E-state index < -0.39 is 20.4 Å². The second kappa shape index (κ2) is 11.5. The molecular weight excluding hydrogens is 420 g/mol. The van der Waals surface area contributed by atoms with Crippen LogP contribution >= 0.6 is 0 Å². The molecule has 1 N–H and O–H groups in total. The first-order chi connectivity index (χ1) is 15.6. The highest BCUT2D eigenvalue weighted by molar-refractivity contribution is 7.07. The maximum Gasteiger partial charge on any atom is 0.313 e. The summed E-state index contributed by atoms with van der Waals surface area (Å²) in [6.07, 6.45) is -1.54. The predicted octanol–water partition coefficient (Wildman–Crippen LogP) is 1.94. The predicted molar refractivity (Wildman–Crippen MR) is 127 cm³/mol. The van der Waals surface area contributed by atoms with Crippen LogP contribution < -0.4 is 15.6 Å². The number of ether oxygens (including phenoxy) is 1. The zero-order valence-corrected chi connectivity index (χ0v) is 19.1. The lowest BCUT2D eigenvalue weighted by Crippen LogP contribution is -2.69. The van der Waals surface area contributed by atoms with Gasteiger partial charge in [0.2, 0.25) is 0 Å². The van der Waals surface area contributed by atoms with Crippen LogP contribution in [0.4, 0.5) is 0 Å². The van der Waals surface area contributed by atoms with Crippen LogP contribution in [0, 0.1) is 0 Å². The van der Waals surface area contributed by atoms with E-state index in [0.717, 1.165) is 15.6 Å². The maximum atomic E-state index is 12.2. The highest BCUT2D eigenvalue weighted by atomic mass is 28.4. The van der Waals surface area contributed by atoms with Crippen LogP contribution in [0.3, 0.4) is 0 Å². The second-order valence-electron chi connectivity index (χ2n) is 7.47. The highest BCUT2D eigenvalue weighted by Crippen LogP contribution is 2.11. The van der Waals surface area contributed by atoms with Crippen molar-refractivity contribution in [2.24, 2.45) is 0 Å². The quantitative estimate of drug-likeness (QED) is 0.210. The monoisotopic (exact) mass is 448 g/mol. The lowest BCUT2D eigenvalue weighted by Gasteiger charge is -2.33. The molecule has 32 heavy (non-hydrogen) atoms. The fourth-order valence-corrected chi connectivity index (χ4v) is 7.68. The number of carbonyl (C=O) groups is 2. The Hall–Kier alpha value is -3.06. The van der Waals surface area contributed by atoms with E-state index >= 15 is 0 Å². The zero-order valence-electron chi connectivity index (χ0n) is 18.1. The first-order valence-corrected chi connectivity index (χ1v) is 12.6. The van der Waals surface area contributed by atoms with E-state index in [4.69, 9.17) is 9.16 Å². The van der Waals surface area contributed by atoms with Crippen LogP contribution in [0.15, 0.2) is 91.0 Å². The molecule has 0 amide bonds.